The van der Waals surface area contributed by atoms with Crippen molar-refractivity contribution in [2.24, 2.45) is 0 Å². The van der Waals surface area contributed by atoms with Gasteiger partial charge in [-0.25, -0.2) is 0 Å². The summed E-state index contributed by atoms with van der Waals surface area (Å²) in [6.45, 7) is 3.74. The third-order valence-corrected chi connectivity index (χ3v) is 4.11. The molecule has 1 aromatic heterocycles. The number of hydrogen-bond donors (Lipinski definition) is 2. The Bertz CT molecular complexity index is 359. The number of amides is 1. The molecule has 0 aliphatic carbocycles. The molecule has 0 radical (unpaired) electrons. The van der Waals surface area contributed by atoms with E-state index in [9.17, 15) is 4.79 Å². The van der Waals surface area contributed by atoms with Gasteiger partial charge in [0.25, 0.3) is 5.91 Å². The second-order valence-corrected chi connectivity index (χ2v) is 5.49. The van der Waals surface area contributed by atoms with E-state index in [0.717, 1.165) is 22.4 Å². The molecule has 0 aromatic carbocycles. The Kier molecular flexibility index (Phi) is 2.64. The van der Waals surface area contributed by atoms with Crippen molar-refractivity contribution in [2.75, 3.05) is 13.1 Å². The second kappa shape index (κ2) is 3.64. The van der Waals surface area contributed by atoms with E-state index in [2.05, 4.69) is 26.6 Å². The quantitative estimate of drug-likeness (QED) is 0.860. The highest BCUT2D eigenvalue weighted by Crippen LogP contribution is 2.23. The number of carbonyl (C=O) groups excluding carboxylic acids is 1. The number of rotatable bonds is 2. The molecule has 14 heavy (non-hydrogen) atoms. The Labute approximate surface area is 95.0 Å². The van der Waals surface area contributed by atoms with Crippen LogP contribution in [0.5, 0.6) is 0 Å². The lowest BCUT2D eigenvalue weighted by atomic mass is 9.95. The minimum atomic E-state index is -0.0689. The molecule has 0 unspecified atom stereocenters. The van der Waals surface area contributed by atoms with Crippen LogP contribution in [-0.4, -0.2) is 24.5 Å². The molecule has 1 saturated heterocycles. The molecule has 0 atom stereocenters. The van der Waals surface area contributed by atoms with Crippen LogP contribution >= 0.6 is 27.3 Å². The first kappa shape index (κ1) is 10.1. The average Bonchev–Trinajstić information content (AvgIpc) is 2.48. The van der Waals surface area contributed by atoms with Crippen LogP contribution in [0.4, 0.5) is 0 Å². The molecule has 5 heteroatoms. The summed E-state index contributed by atoms with van der Waals surface area (Å²) in [5.74, 6) is 0.0101. The molecule has 1 amide bonds. The molecule has 76 valence electrons. The summed E-state index contributed by atoms with van der Waals surface area (Å²) in [7, 11) is 0. The van der Waals surface area contributed by atoms with E-state index in [-0.39, 0.29) is 11.4 Å². The van der Waals surface area contributed by atoms with Crippen LogP contribution in [0.2, 0.25) is 0 Å². The Hall–Kier alpha value is -0.390. The van der Waals surface area contributed by atoms with E-state index < -0.39 is 0 Å². The van der Waals surface area contributed by atoms with Crippen molar-refractivity contribution in [3.63, 3.8) is 0 Å². The number of thiophene rings is 1. The zero-order valence-electron chi connectivity index (χ0n) is 7.76. The standard InChI is InChI=1S/C9H11BrN2OS/c1-9(4-11-5-9)12-8(13)7-6(10)2-3-14-7/h2-3,11H,4-5H2,1H3,(H,12,13). The highest BCUT2D eigenvalue weighted by atomic mass is 79.9. The summed E-state index contributed by atoms with van der Waals surface area (Å²) in [6.07, 6.45) is 0. The molecule has 2 N–H and O–H groups in total. The van der Waals surface area contributed by atoms with Crippen LogP contribution in [0.15, 0.2) is 15.9 Å². The molecule has 1 aromatic rings. The molecule has 3 nitrogen and oxygen atoms in total. The molecule has 0 spiro atoms. The lowest BCUT2D eigenvalue weighted by Gasteiger charge is -2.39. The fourth-order valence-corrected chi connectivity index (χ4v) is 2.82. The van der Waals surface area contributed by atoms with Crippen molar-refractivity contribution in [1.82, 2.24) is 10.6 Å². The minimum absolute atomic E-state index is 0.0101. The van der Waals surface area contributed by atoms with Crippen molar-refractivity contribution in [1.29, 1.82) is 0 Å². The maximum atomic E-state index is 11.8. The molecule has 2 rings (SSSR count). The predicted molar refractivity (Wildman–Crippen MR) is 60.8 cm³/mol. The van der Waals surface area contributed by atoms with Gasteiger partial charge in [0.2, 0.25) is 0 Å². The van der Waals surface area contributed by atoms with E-state index in [4.69, 9.17) is 0 Å². The normalized spacial score (nSPS) is 18.7. The number of halogens is 1. The molecular weight excluding hydrogens is 264 g/mol. The topological polar surface area (TPSA) is 41.1 Å². The zero-order valence-corrected chi connectivity index (χ0v) is 10.2. The van der Waals surface area contributed by atoms with Crippen LogP contribution in [-0.2, 0) is 0 Å². The van der Waals surface area contributed by atoms with Crippen LogP contribution in [0.25, 0.3) is 0 Å². The van der Waals surface area contributed by atoms with Gasteiger partial charge < -0.3 is 10.6 Å². The summed E-state index contributed by atoms with van der Waals surface area (Å²) >= 11 is 4.80. The van der Waals surface area contributed by atoms with Crippen molar-refractivity contribution >= 4 is 33.2 Å². The van der Waals surface area contributed by atoms with Crippen LogP contribution in [0.3, 0.4) is 0 Å². The SMILES string of the molecule is CC1(NC(=O)c2sccc2Br)CNC1. The predicted octanol–water partition coefficient (Wildman–Crippen LogP) is 1.60. The number of hydrogen-bond acceptors (Lipinski definition) is 3. The first-order valence-corrected chi connectivity index (χ1v) is 6.04. The highest BCUT2D eigenvalue weighted by Gasteiger charge is 2.33. The number of nitrogens with one attached hydrogen (secondary N) is 2. The lowest BCUT2D eigenvalue weighted by Crippen LogP contribution is -2.67. The Balaban J connectivity index is 2.06. The molecule has 1 aliphatic heterocycles. The third kappa shape index (κ3) is 1.85. The van der Waals surface area contributed by atoms with E-state index in [0.29, 0.717) is 0 Å². The minimum Gasteiger partial charge on any atom is -0.344 e. The molecular formula is C9H11BrN2OS. The zero-order chi connectivity index (χ0) is 10.2. The van der Waals surface area contributed by atoms with E-state index in [1.165, 1.54) is 11.3 Å². The molecule has 1 fully saturated rings. The molecule has 0 saturated carbocycles. The highest BCUT2D eigenvalue weighted by molar-refractivity contribution is 9.10. The first-order valence-electron chi connectivity index (χ1n) is 4.37. The average molecular weight is 275 g/mol. The fourth-order valence-electron chi connectivity index (χ4n) is 1.37. The van der Waals surface area contributed by atoms with Gasteiger partial charge in [-0.1, -0.05) is 0 Å². The van der Waals surface area contributed by atoms with Gasteiger partial charge in [-0.3, -0.25) is 4.79 Å². The van der Waals surface area contributed by atoms with Gasteiger partial charge in [0.15, 0.2) is 0 Å². The van der Waals surface area contributed by atoms with Crippen molar-refractivity contribution in [2.45, 2.75) is 12.5 Å². The Morgan fingerprint density at radius 3 is 2.86 bits per heavy atom. The van der Waals surface area contributed by atoms with Gasteiger partial charge >= 0.3 is 0 Å². The monoisotopic (exact) mass is 274 g/mol. The summed E-state index contributed by atoms with van der Waals surface area (Å²) in [6, 6.07) is 1.89. The molecule has 0 bridgehead atoms. The Morgan fingerprint density at radius 2 is 2.43 bits per heavy atom. The summed E-state index contributed by atoms with van der Waals surface area (Å²) < 4.78 is 0.871. The van der Waals surface area contributed by atoms with Gasteiger partial charge in [-0.2, -0.15) is 0 Å². The lowest BCUT2D eigenvalue weighted by molar-refractivity contribution is 0.0875. The third-order valence-electron chi connectivity index (χ3n) is 2.27. The van der Waals surface area contributed by atoms with Gasteiger partial charge in [0.05, 0.1) is 5.54 Å². The second-order valence-electron chi connectivity index (χ2n) is 3.72. The maximum absolute atomic E-state index is 11.8. The van der Waals surface area contributed by atoms with Crippen molar-refractivity contribution in [3.8, 4) is 0 Å². The van der Waals surface area contributed by atoms with Gasteiger partial charge in [-0.05, 0) is 34.3 Å². The van der Waals surface area contributed by atoms with Gasteiger partial charge in [0, 0.05) is 17.6 Å². The maximum Gasteiger partial charge on any atom is 0.263 e. The van der Waals surface area contributed by atoms with Crippen LogP contribution in [0.1, 0.15) is 16.6 Å². The fraction of sp³-hybridized carbons (Fsp3) is 0.444. The van der Waals surface area contributed by atoms with Crippen LogP contribution in [0, 0.1) is 0 Å². The summed E-state index contributed by atoms with van der Waals surface area (Å²) in [4.78, 5) is 12.5. The number of carbonyl (C=O) groups is 1. The smallest absolute Gasteiger partial charge is 0.263 e. The van der Waals surface area contributed by atoms with Gasteiger partial charge in [0.1, 0.15) is 4.88 Å². The molecule has 2 heterocycles. The van der Waals surface area contributed by atoms with E-state index in [1.54, 1.807) is 0 Å². The summed E-state index contributed by atoms with van der Waals surface area (Å²) in [5.41, 5.74) is -0.0689. The van der Waals surface area contributed by atoms with Crippen molar-refractivity contribution in [3.05, 3.63) is 20.8 Å². The first-order chi connectivity index (χ1) is 6.61. The van der Waals surface area contributed by atoms with Crippen molar-refractivity contribution < 1.29 is 4.79 Å². The molecule has 1 aliphatic rings. The van der Waals surface area contributed by atoms with Gasteiger partial charge in [-0.15, -0.1) is 11.3 Å². The van der Waals surface area contributed by atoms with Crippen LogP contribution < -0.4 is 10.6 Å². The summed E-state index contributed by atoms with van der Waals surface area (Å²) in [5, 5.41) is 8.06. The van der Waals surface area contributed by atoms with E-state index >= 15 is 0 Å². The Morgan fingerprint density at radius 1 is 1.71 bits per heavy atom. The van der Waals surface area contributed by atoms with E-state index in [1.807, 2.05) is 18.4 Å². The largest absolute Gasteiger partial charge is 0.344 e.